The van der Waals surface area contributed by atoms with Gasteiger partial charge in [0.25, 0.3) is 5.91 Å². The molecule has 1 aromatic heterocycles. The van der Waals surface area contributed by atoms with Gasteiger partial charge in [-0.2, -0.15) is 0 Å². The predicted octanol–water partition coefficient (Wildman–Crippen LogP) is 3.76. The predicted molar refractivity (Wildman–Crippen MR) is 96.5 cm³/mol. The largest absolute Gasteiger partial charge is 0.440 e. The first kappa shape index (κ1) is 17.2. The van der Waals surface area contributed by atoms with Crippen LogP contribution in [0.2, 0.25) is 0 Å². The first-order chi connectivity index (χ1) is 12.0. The van der Waals surface area contributed by atoms with E-state index in [-0.39, 0.29) is 18.4 Å². The zero-order chi connectivity index (χ0) is 18.0. The second kappa shape index (κ2) is 7.07. The average Bonchev–Trinajstić information content (AvgIpc) is 3.05. The number of likely N-dealkylation sites (N-methyl/N-ethyl adjacent to an activating group) is 1. The van der Waals surface area contributed by atoms with E-state index in [1.54, 1.807) is 25.2 Å². The summed E-state index contributed by atoms with van der Waals surface area (Å²) in [6.45, 7) is 4.24. The molecule has 0 radical (unpaired) electrons. The van der Waals surface area contributed by atoms with Crippen molar-refractivity contribution in [2.75, 3.05) is 13.6 Å². The Kier molecular flexibility index (Phi) is 4.86. The normalized spacial score (nSPS) is 12.5. The molecule has 0 aliphatic rings. The fourth-order valence-electron chi connectivity index (χ4n) is 2.67. The van der Waals surface area contributed by atoms with E-state index in [2.05, 4.69) is 4.98 Å². The molecule has 2 aromatic carbocycles. The Bertz CT molecular complexity index is 871. The van der Waals surface area contributed by atoms with Crippen molar-refractivity contribution in [3.63, 3.8) is 0 Å². The van der Waals surface area contributed by atoms with E-state index >= 15 is 0 Å². The smallest absolute Gasteiger partial charge is 0.253 e. The summed E-state index contributed by atoms with van der Waals surface area (Å²) in [4.78, 5) is 18.6. The van der Waals surface area contributed by atoms with Gasteiger partial charge >= 0.3 is 0 Å². The van der Waals surface area contributed by atoms with Crippen LogP contribution in [0.4, 0.5) is 0 Å². The number of rotatable bonds is 5. The highest BCUT2D eigenvalue weighted by Gasteiger charge is 2.18. The average molecular weight is 338 g/mol. The molecule has 1 N–H and O–H groups in total. The molecule has 5 nitrogen and oxygen atoms in total. The summed E-state index contributed by atoms with van der Waals surface area (Å²) in [6.07, 6.45) is -0.724. The third-order valence-corrected chi connectivity index (χ3v) is 4.12. The van der Waals surface area contributed by atoms with Crippen LogP contribution in [0, 0.1) is 0 Å². The maximum Gasteiger partial charge on any atom is 0.253 e. The van der Waals surface area contributed by atoms with E-state index in [0.29, 0.717) is 22.6 Å². The number of fused-ring (bicyclic) bond motifs is 1. The topological polar surface area (TPSA) is 66.6 Å². The van der Waals surface area contributed by atoms with Crippen LogP contribution in [0.25, 0.3) is 11.1 Å². The molecular weight excluding hydrogens is 316 g/mol. The molecule has 5 heteroatoms. The minimum Gasteiger partial charge on any atom is -0.440 e. The molecule has 1 heterocycles. The highest BCUT2D eigenvalue weighted by molar-refractivity contribution is 5.97. The minimum absolute atomic E-state index is 0.161. The van der Waals surface area contributed by atoms with Crippen molar-refractivity contribution in [1.29, 1.82) is 0 Å². The molecule has 0 bridgehead atoms. The number of amides is 1. The molecule has 0 aliphatic heterocycles. The van der Waals surface area contributed by atoms with Gasteiger partial charge in [-0.1, -0.05) is 44.2 Å². The fraction of sp³-hybridized carbons (Fsp3) is 0.300. The number of aliphatic hydroxyl groups is 1. The number of hydrogen-bond acceptors (Lipinski definition) is 4. The summed E-state index contributed by atoms with van der Waals surface area (Å²) < 4.78 is 5.67. The lowest BCUT2D eigenvalue weighted by molar-refractivity contribution is 0.0681. The van der Waals surface area contributed by atoms with Gasteiger partial charge in [0.1, 0.15) is 5.52 Å². The van der Waals surface area contributed by atoms with Gasteiger partial charge in [-0.3, -0.25) is 4.79 Å². The Balaban J connectivity index is 1.76. The van der Waals surface area contributed by atoms with Gasteiger partial charge in [0.2, 0.25) is 0 Å². The molecule has 1 unspecified atom stereocenters. The van der Waals surface area contributed by atoms with Gasteiger partial charge in [-0.25, -0.2) is 4.98 Å². The summed E-state index contributed by atoms with van der Waals surface area (Å²) in [5.41, 5.74) is 2.66. The number of aliphatic hydroxyl groups excluding tert-OH is 1. The van der Waals surface area contributed by atoms with Gasteiger partial charge in [0.05, 0.1) is 12.6 Å². The first-order valence-corrected chi connectivity index (χ1v) is 8.34. The Hall–Kier alpha value is -2.66. The number of oxazole rings is 1. The molecular formula is C20H22N2O3. The lowest BCUT2D eigenvalue weighted by atomic mass is 10.1. The van der Waals surface area contributed by atoms with E-state index in [4.69, 9.17) is 4.42 Å². The highest BCUT2D eigenvalue weighted by Crippen LogP contribution is 2.23. The summed E-state index contributed by atoms with van der Waals surface area (Å²) >= 11 is 0. The number of hydrogen-bond donors (Lipinski definition) is 1. The molecule has 25 heavy (non-hydrogen) atoms. The molecule has 0 spiro atoms. The van der Waals surface area contributed by atoms with Gasteiger partial charge in [-0.05, 0) is 23.8 Å². The Morgan fingerprint density at radius 1 is 1.20 bits per heavy atom. The minimum atomic E-state index is -0.724. The maximum atomic E-state index is 12.7. The summed E-state index contributed by atoms with van der Waals surface area (Å²) in [5, 5.41) is 10.3. The Labute approximate surface area is 146 Å². The van der Waals surface area contributed by atoms with E-state index in [9.17, 15) is 9.90 Å². The number of nitrogens with zero attached hydrogens (tertiary/aromatic N) is 2. The van der Waals surface area contributed by atoms with Crippen molar-refractivity contribution in [3.8, 4) is 0 Å². The molecule has 1 atom stereocenters. The van der Waals surface area contributed by atoms with Crippen molar-refractivity contribution >= 4 is 17.0 Å². The van der Waals surface area contributed by atoms with Crippen molar-refractivity contribution in [2.24, 2.45) is 0 Å². The zero-order valence-electron chi connectivity index (χ0n) is 14.6. The monoisotopic (exact) mass is 338 g/mol. The Morgan fingerprint density at radius 3 is 2.60 bits per heavy atom. The quantitative estimate of drug-likeness (QED) is 0.769. The summed E-state index contributed by atoms with van der Waals surface area (Å²) in [7, 11) is 1.68. The Morgan fingerprint density at radius 2 is 1.92 bits per heavy atom. The standard InChI is InChI=1S/C20H22N2O3/c1-13(2)19-21-16-11-15(9-10-18(16)25-19)20(24)22(3)12-17(23)14-7-5-4-6-8-14/h4-11,13,17,23H,12H2,1-3H3. The van der Waals surface area contributed by atoms with E-state index in [1.165, 1.54) is 4.90 Å². The first-order valence-electron chi connectivity index (χ1n) is 8.34. The van der Waals surface area contributed by atoms with Crippen LogP contribution in [0.1, 0.15) is 47.7 Å². The molecule has 130 valence electrons. The van der Waals surface area contributed by atoms with Gasteiger partial charge in [0, 0.05) is 18.5 Å². The molecule has 0 aliphatic carbocycles. The van der Waals surface area contributed by atoms with Crippen LogP contribution in [-0.4, -0.2) is 34.5 Å². The van der Waals surface area contributed by atoms with Crippen LogP contribution in [-0.2, 0) is 0 Å². The lowest BCUT2D eigenvalue weighted by Crippen LogP contribution is -2.31. The van der Waals surface area contributed by atoms with Gasteiger partial charge < -0.3 is 14.4 Å². The summed E-state index contributed by atoms with van der Waals surface area (Å²) in [6, 6.07) is 14.5. The maximum absolute atomic E-state index is 12.7. The third kappa shape index (κ3) is 3.72. The van der Waals surface area contributed by atoms with Crippen molar-refractivity contribution in [3.05, 3.63) is 65.5 Å². The van der Waals surface area contributed by atoms with Gasteiger partial charge in [0.15, 0.2) is 11.5 Å². The van der Waals surface area contributed by atoms with Crippen LogP contribution < -0.4 is 0 Å². The van der Waals surface area contributed by atoms with Gasteiger partial charge in [-0.15, -0.1) is 0 Å². The SMILES string of the molecule is CC(C)c1nc2cc(C(=O)N(C)CC(O)c3ccccc3)ccc2o1. The fourth-order valence-corrected chi connectivity index (χ4v) is 2.67. The molecule has 3 rings (SSSR count). The van der Waals surface area contributed by atoms with Crippen molar-refractivity contribution in [1.82, 2.24) is 9.88 Å². The highest BCUT2D eigenvalue weighted by atomic mass is 16.3. The second-order valence-electron chi connectivity index (χ2n) is 6.50. The number of carbonyl (C=O) groups excluding carboxylic acids is 1. The van der Waals surface area contributed by atoms with Crippen LogP contribution in [0.5, 0.6) is 0 Å². The molecule has 0 saturated heterocycles. The number of benzene rings is 2. The lowest BCUT2D eigenvalue weighted by Gasteiger charge is -2.21. The molecule has 0 fully saturated rings. The van der Waals surface area contributed by atoms with Crippen LogP contribution in [0.15, 0.2) is 52.9 Å². The molecule has 1 amide bonds. The second-order valence-corrected chi connectivity index (χ2v) is 6.50. The van der Waals surface area contributed by atoms with Crippen LogP contribution >= 0.6 is 0 Å². The van der Waals surface area contributed by atoms with E-state index in [1.807, 2.05) is 44.2 Å². The third-order valence-electron chi connectivity index (χ3n) is 4.12. The van der Waals surface area contributed by atoms with E-state index in [0.717, 1.165) is 5.56 Å². The molecule has 0 saturated carbocycles. The van der Waals surface area contributed by atoms with E-state index < -0.39 is 6.10 Å². The molecule has 3 aromatic rings. The van der Waals surface area contributed by atoms with Crippen molar-refractivity contribution < 1.29 is 14.3 Å². The van der Waals surface area contributed by atoms with Crippen LogP contribution in [0.3, 0.4) is 0 Å². The zero-order valence-corrected chi connectivity index (χ0v) is 14.6. The number of carbonyl (C=O) groups is 1. The summed E-state index contributed by atoms with van der Waals surface area (Å²) in [5.74, 6) is 0.689. The number of aromatic nitrogens is 1. The van der Waals surface area contributed by atoms with Crippen molar-refractivity contribution in [2.45, 2.75) is 25.9 Å².